The van der Waals surface area contributed by atoms with Gasteiger partial charge in [-0.15, -0.1) is 0 Å². The Morgan fingerprint density at radius 1 is 1.39 bits per heavy atom. The first kappa shape index (κ1) is 14.6. The van der Waals surface area contributed by atoms with E-state index in [4.69, 9.17) is 16.3 Å². The van der Waals surface area contributed by atoms with Gasteiger partial charge in [0.1, 0.15) is 5.82 Å². The number of esters is 1. The summed E-state index contributed by atoms with van der Waals surface area (Å²) in [5, 5.41) is 0.149. The Labute approximate surface area is 109 Å². The Morgan fingerprint density at radius 2 is 2.06 bits per heavy atom. The molecule has 0 aliphatic rings. The highest BCUT2D eigenvalue weighted by molar-refractivity contribution is 6.41. The highest BCUT2D eigenvalue weighted by atomic mass is 35.5. The molecule has 0 unspecified atom stereocenters. The van der Waals surface area contributed by atoms with Crippen molar-refractivity contribution in [2.45, 2.75) is 13.5 Å². The first-order valence-electron chi connectivity index (χ1n) is 5.19. The summed E-state index contributed by atoms with van der Waals surface area (Å²) >= 11 is 5.76. The third-order valence-electron chi connectivity index (χ3n) is 2.12. The molecule has 0 amide bonds. The summed E-state index contributed by atoms with van der Waals surface area (Å²) in [5.41, 5.74) is -0.300. The molecule has 0 spiro atoms. The maximum Gasteiger partial charge on any atom is 0.379 e. The van der Waals surface area contributed by atoms with Gasteiger partial charge >= 0.3 is 5.97 Å². The minimum atomic E-state index is -1.11. The van der Waals surface area contributed by atoms with Crippen molar-refractivity contribution < 1.29 is 23.5 Å². The molecule has 0 atom stereocenters. The van der Waals surface area contributed by atoms with Gasteiger partial charge in [0.15, 0.2) is 0 Å². The Morgan fingerprint density at radius 3 is 2.61 bits per heavy atom. The van der Waals surface area contributed by atoms with Gasteiger partial charge < -0.3 is 9.47 Å². The average Bonchev–Trinajstić information content (AvgIpc) is 2.33. The van der Waals surface area contributed by atoms with E-state index in [0.717, 1.165) is 6.07 Å². The van der Waals surface area contributed by atoms with Crippen molar-refractivity contribution in [3.8, 4) is 0 Å². The molecule has 1 rings (SSSR count). The molecular weight excluding hydrogens is 263 g/mol. The molecule has 0 aliphatic carbocycles. The fourth-order valence-corrected chi connectivity index (χ4v) is 1.62. The number of ether oxygens (including phenoxy) is 2. The number of methoxy groups -OCH3 is 1. The molecule has 0 aromatic heterocycles. The number of hydrogen-bond donors (Lipinski definition) is 0. The lowest BCUT2D eigenvalue weighted by Gasteiger charge is -2.08. The van der Waals surface area contributed by atoms with Crippen molar-refractivity contribution in [3.05, 3.63) is 34.1 Å². The molecule has 0 fully saturated rings. The van der Waals surface area contributed by atoms with E-state index in [-0.39, 0.29) is 23.8 Å². The summed E-state index contributed by atoms with van der Waals surface area (Å²) in [6, 6.07) is 2.43. The fraction of sp³-hybridized carbons (Fsp3) is 0.333. The third-order valence-corrected chi connectivity index (χ3v) is 2.34. The summed E-state index contributed by atoms with van der Waals surface area (Å²) in [5.74, 6) is -2.99. The second kappa shape index (κ2) is 6.47. The number of benzene rings is 1. The molecule has 0 aliphatic heterocycles. The molecule has 1 aromatic rings. The lowest BCUT2D eigenvalue weighted by atomic mass is 10.1. The number of carbonyl (C=O) groups is 2. The standard InChI is InChI=1S/C12H12ClFO4/c1-3-18-12(16)11(15)9-5-8(13)4-7(6-17-2)10(9)14/h4-5H,3,6H2,1-2H3. The average molecular weight is 275 g/mol. The first-order chi connectivity index (χ1) is 8.51. The zero-order valence-corrected chi connectivity index (χ0v) is 10.7. The predicted octanol–water partition coefficient (Wildman–Crippen LogP) is 2.37. The monoisotopic (exact) mass is 274 g/mol. The maximum atomic E-state index is 13.9. The maximum absolute atomic E-state index is 13.9. The smallest absolute Gasteiger partial charge is 0.379 e. The topological polar surface area (TPSA) is 52.6 Å². The van der Waals surface area contributed by atoms with Gasteiger partial charge in [0.2, 0.25) is 0 Å². The SMILES string of the molecule is CCOC(=O)C(=O)c1cc(Cl)cc(COC)c1F. The minimum absolute atomic E-state index is 0.0394. The predicted molar refractivity (Wildman–Crippen MR) is 63.1 cm³/mol. The zero-order valence-electron chi connectivity index (χ0n) is 9.96. The molecule has 1 aromatic carbocycles. The largest absolute Gasteiger partial charge is 0.460 e. The van der Waals surface area contributed by atoms with Gasteiger partial charge in [-0.2, -0.15) is 0 Å². The van der Waals surface area contributed by atoms with Gasteiger partial charge in [-0.25, -0.2) is 9.18 Å². The molecule has 4 nitrogen and oxygen atoms in total. The van der Waals surface area contributed by atoms with E-state index < -0.39 is 23.1 Å². The molecule has 0 N–H and O–H groups in total. The van der Waals surface area contributed by atoms with Gasteiger partial charge in [0, 0.05) is 17.7 Å². The Hall–Kier alpha value is -1.46. The number of rotatable bonds is 5. The van der Waals surface area contributed by atoms with E-state index in [1.807, 2.05) is 0 Å². The van der Waals surface area contributed by atoms with Crippen LogP contribution in [0.4, 0.5) is 4.39 Å². The van der Waals surface area contributed by atoms with Crippen LogP contribution < -0.4 is 0 Å². The Balaban J connectivity index is 3.15. The number of ketones is 1. The van der Waals surface area contributed by atoms with Gasteiger partial charge in [0.25, 0.3) is 5.78 Å². The van der Waals surface area contributed by atoms with Crippen LogP contribution in [0.3, 0.4) is 0 Å². The number of halogens is 2. The van der Waals surface area contributed by atoms with Gasteiger partial charge in [-0.05, 0) is 19.1 Å². The summed E-state index contributed by atoms with van der Waals surface area (Å²) in [7, 11) is 1.38. The summed E-state index contributed by atoms with van der Waals surface area (Å²) in [6.45, 7) is 1.54. The van der Waals surface area contributed by atoms with Crippen molar-refractivity contribution in [1.29, 1.82) is 0 Å². The molecule has 0 saturated carbocycles. The zero-order chi connectivity index (χ0) is 13.7. The Kier molecular flexibility index (Phi) is 5.25. The van der Waals surface area contributed by atoms with Crippen LogP contribution in [-0.2, 0) is 20.9 Å². The van der Waals surface area contributed by atoms with Crippen molar-refractivity contribution in [1.82, 2.24) is 0 Å². The molecule has 0 saturated heterocycles. The van der Waals surface area contributed by atoms with Gasteiger partial charge in [-0.3, -0.25) is 4.79 Å². The second-order valence-electron chi connectivity index (χ2n) is 3.41. The number of carbonyl (C=O) groups excluding carboxylic acids is 2. The van der Waals surface area contributed by atoms with Crippen LogP contribution in [0.25, 0.3) is 0 Å². The van der Waals surface area contributed by atoms with Crippen LogP contribution in [0, 0.1) is 5.82 Å². The van der Waals surface area contributed by atoms with Gasteiger partial charge in [-0.1, -0.05) is 11.6 Å². The first-order valence-corrected chi connectivity index (χ1v) is 5.57. The molecule has 0 radical (unpaired) electrons. The van der Waals surface area contributed by atoms with E-state index in [1.54, 1.807) is 6.92 Å². The van der Waals surface area contributed by atoms with E-state index >= 15 is 0 Å². The molecule has 6 heteroatoms. The fourth-order valence-electron chi connectivity index (χ4n) is 1.38. The van der Waals surface area contributed by atoms with Crippen molar-refractivity contribution in [2.75, 3.05) is 13.7 Å². The number of Topliss-reactive ketones (excluding diaryl/α,β-unsaturated/α-hetero) is 1. The molecular formula is C12H12ClFO4. The van der Waals surface area contributed by atoms with E-state index in [2.05, 4.69) is 4.74 Å². The lowest BCUT2D eigenvalue weighted by Crippen LogP contribution is -2.19. The van der Waals surface area contributed by atoms with Crippen molar-refractivity contribution >= 4 is 23.4 Å². The van der Waals surface area contributed by atoms with E-state index in [1.165, 1.54) is 13.2 Å². The number of hydrogen-bond acceptors (Lipinski definition) is 4. The second-order valence-corrected chi connectivity index (χ2v) is 3.85. The lowest BCUT2D eigenvalue weighted by molar-refractivity contribution is -0.137. The highest BCUT2D eigenvalue weighted by Crippen LogP contribution is 2.21. The Bertz CT molecular complexity index is 473. The van der Waals surface area contributed by atoms with Crippen molar-refractivity contribution in [2.24, 2.45) is 0 Å². The normalized spacial score (nSPS) is 10.2. The van der Waals surface area contributed by atoms with Crippen LogP contribution in [0.2, 0.25) is 5.02 Å². The molecule has 0 bridgehead atoms. The van der Waals surface area contributed by atoms with Crippen molar-refractivity contribution in [3.63, 3.8) is 0 Å². The highest BCUT2D eigenvalue weighted by Gasteiger charge is 2.23. The van der Waals surface area contributed by atoms with E-state index in [9.17, 15) is 14.0 Å². The summed E-state index contributed by atoms with van der Waals surface area (Å²) < 4.78 is 23.2. The van der Waals surface area contributed by atoms with Crippen LogP contribution in [0.5, 0.6) is 0 Å². The molecule has 98 valence electrons. The van der Waals surface area contributed by atoms with Crippen LogP contribution in [0.1, 0.15) is 22.8 Å². The van der Waals surface area contributed by atoms with Crippen LogP contribution >= 0.6 is 11.6 Å². The molecule has 0 heterocycles. The molecule has 18 heavy (non-hydrogen) atoms. The minimum Gasteiger partial charge on any atom is -0.460 e. The van der Waals surface area contributed by atoms with E-state index in [0.29, 0.717) is 0 Å². The van der Waals surface area contributed by atoms with Crippen LogP contribution in [0.15, 0.2) is 12.1 Å². The van der Waals surface area contributed by atoms with Crippen LogP contribution in [-0.4, -0.2) is 25.5 Å². The summed E-state index contributed by atoms with van der Waals surface area (Å²) in [4.78, 5) is 22.9. The third kappa shape index (κ3) is 3.27. The van der Waals surface area contributed by atoms with Gasteiger partial charge in [0.05, 0.1) is 18.8 Å². The summed E-state index contributed by atoms with van der Waals surface area (Å²) in [6.07, 6.45) is 0. The quantitative estimate of drug-likeness (QED) is 0.470.